The second kappa shape index (κ2) is 4.82. The molecular formula is C13H17N3OS. The molecule has 0 radical (unpaired) electrons. The molecule has 18 heavy (non-hydrogen) atoms. The quantitative estimate of drug-likeness (QED) is 0.893. The van der Waals surface area contributed by atoms with E-state index in [1.165, 1.54) is 5.56 Å². The molecule has 2 aromatic rings. The molecule has 1 saturated carbocycles. The molecule has 0 amide bonds. The number of thiophene rings is 1. The fraction of sp³-hybridized carbons (Fsp3) is 0.538. The molecule has 3 rings (SSSR count). The summed E-state index contributed by atoms with van der Waals surface area (Å²) >= 11 is 1.69. The third-order valence-electron chi connectivity index (χ3n) is 3.60. The van der Waals surface area contributed by atoms with Crippen LogP contribution in [0.2, 0.25) is 0 Å². The average Bonchev–Trinajstić information content (AvgIpc) is 2.94. The first-order valence-electron chi connectivity index (χ1n) is 6.35. The normalized spacial score (nSPS) is 23.7. The molecule has 0 saturated heterocycles. The molecule has 0 aliphatic heterocycles. The number of anilines is 1. The maximum Gasteiger partial charge on any atom is 0.147 e. The summed E-state index contributed by atoms with van der Waals surface area (Å²) < 4.78 is 1.13. The molecule has 0 bridgehead atoms. The number of rotatable bonds is 3. The molecule has 1 aliphatic carbocycles. The molecule has 1 aliphatic rings. The van der Waals surface area contributed by atoms with E-state index < -0.39 is 0 Å². The summed E-state index contributed by atoms with van der Waals surface area (Å²) in [4.78, 5) is 8.64. The number of aryl methyl sites for hydroxylation is 1. The van der Waals surface area contributed by atoms with Crippen LogP contribution in [0.3, 0.4) is 0 Å². The minimum absolute atomic E-state index is 0.105. The largest absolute Gasteiger partial charge is 0.393 e. The van der Waals surface area contributed by atoms with Crippen molar-refractivity contribution in [3.63, 3.8) is 0 Å². The molecular weight excluding hydrogens is 246 g/mol. The lowest BCUT2D eigenvalue weighted by Gasteiger charge is -2.11. The Hall–Kier alpha value is -1.20. The molecule has 4 nitrogen and oxygen atoms in total. The summed E-state index contributed by atoms with van der Waals surface area (Å²) in [5.74, 6) is 1.49. The van der Waals surface area contributed by atoms with Crippen LogP contribution in [-0.2, 0) is 0 Å². The van der Waals surface area contributed by atoms with E-state index in [1.54, 1.807) is 17.7 Å². The third-order valence-corrected chi connectivity index (χ3v) is 4.70. The lowest BCUT2D eigenvalue weighted by atomic mass is 10.1. The predicted molar refractivity (Wildman–Crippen MR) is 74.0 cm³/mol. The summed E-state index contributed by atoms with van der Waals surface area (Å²) in [5, 5.41) is 15.0. The van der Waals surface area contributed by atoms with Crippen LogP contribution in [-0.4, -0.2) is 27.7 Å². The van der Waals surface area contributed by atoms with Crippen molar-refractivity contribution in [1.29, 1.82) is 0 Å². The van der Waals surface area contributed by atoms with Crippen molar-refractivity contribution in [2.24, 2.45) is 5.92 Å². The first-order valence-corrected chi connectivity index (χ1v) is 7.22. The topological polar surface area (TPSA) is 58.0 Å². The van der Waals surface area contributed by atoms with Crippen molar-refractivity contribution in [3.05, 3.63) is 17.3 Å². The van der Waals surface area contributed by atoms with Crippen molar-refractivity contribution >= 4 is 27.4 Å². The highest BCUT2D eigenvalue weighted by Gasteiger charge is 2.22. The van der Waals surface area contributed by atoms with Gasteiger partial charge in [0.25, 0.3) is 0 Å². The molecule has 2 N–H and O–H groups in total. The summed E-state index contributed by atoms with van der Waals surface area (Å²) in [5.41, 5.74) is 2.25. The first-order chi connectivity index (χ1) is 8.74. The van der Waals surface area contributed by atoms with Crippen molar-refractivity contribution in [2.75, 3.05) is 11.9 Å². The zero-order valence-electron chi connectivity index (χ0n) is 10.4. The van der Waals surface area contributed by atoms with Crippen LogP contribution >= 0.6 is 11.3 Å². The Bertz CT molecular complexity index is 554. The number of nitrogens with one attached hydrogen (secondary N) is 1. The van der Waals surface area contributed by atoms with Crippen LogP contribution < -0.4 is 5.32 Å². The molecule has 0 spiro atoms. The van der Waals surface area contributed by atoms with Gasteiger partial charge in [-0.05, 0) is 43.0 Å². The number of aromatic nitrogens is 2. The number of hydrogen-bond donors (Lipinski definition) is 2. The Morgan fingerprint density at radius 2 is 2.33 bits per heavy atom. The molecule has 5 heteroatoms. The van der Waals surface area contributed by atoms with Gasteiger partial charge in [0.15, 0.2) is 0 Å². The number of fused-ring (bicyclic) bond motifs is 1. The molecule has 2 heterocycles. The van der Waals surface area contributed by atoms with Gasteiger partial charge in [0, 0.05) is 6.54 Å². The zero-order valence-corrected chi connectivity index (χ0v) is 11.2. The lowest BCUT2D eigenvalue weighted by molar-refractivity contribution is 0.178. The van der Waals surface area contributed by atoms with Crippen LogP contribution in [0.4, 0.5) is 5.82 Å². The molecule has 96 valence electrons. The van der Waals surface area contributed by atoms with Gasteiger partial charge in [-0.3, -0.25) is 0 Å². The number of nitrogens with zero attached hydrogens (tertiary/aromatic N) is 2. The first kappa shape index (κ1) is 11.9. The van der Waals surface area contributed by atoms with E-state index in [2.05, 4.69) is 27.6 Å². The highest BCUT2D eigenvalue weighted by atomic mass is 32.1. The smallest absolute Gasteiger partial charge is 0.147 e. The summed E-state index contributed by atoms with van der Waals surface area (Å²) in [6.45, 7) is 2.96. The van der Waals surface area contributed by atoms with Gasteiger partial charge in [-0.1, -0.05) is 0 Å². The van der Waals surface area contributed by atoms with E-state index in [9.17, 15) is 5.11 Å². The fourth-order valence-corrected chi connectivity index (χ4v) is 3.54. The number of hydrogen-bond acceptors (Lipinski definition) is 5. The highest BCUT2D eigenvalue weighted by molar-refractivity contribution is 7.18. The predicted octanol–water partition coefficient (Wildman–Crippen LogP) is 2.57. The second-order valence-electron chi connectivity index (χ2n) is 5.03. The summed E-state index contributed by atoms with van der Waals surface area (Å²) in [7, 11) is 0. The summed E-state index contributed by atoms with van der Waals surface area (Å²) in [6, 6.07) is 0. The lowest BCUT2D eigenvalue weighted by Crippen LogP contribution is -2.13. The van der Waals surface area contributed by atoms with Crippen molar-refractivity contribution in [1.82, 2.24) is 9.97 Å². The van der Waals surface area contributed by atoms with Crippen molar-refractivity contribution in [2.45, 2.75) is 32.3 Å². The Labute approximate surface area is 110 Å². The van der Waals surface area contributed by atoms with Gasteiger partial charge in [0.1, 0.15) is 12.1 Å². The van der Waals surface area contributed by atoms with Gasteiger partial charge >= 0.3 is 0 Å². The molecule has 0 aromatic carbocycles. The maximum atomic E-state index is 9.52. The van der Waals surface area contributed by atoms with E-state index in [0.29, 0.717) is 5.92 Å². The van der Waals surface area contributed by atoms with Gasteiger partial charge in [0.2, 0.25) is 0 Å². The zero-order chi connectivity index (χ0) is 12.5. The Morgan fingerprint density at radius 1 is 1.44 bits per heavy atom. The van der Waals surface area contributed by atoms with Crippen LogP contribution in [0, 0.1) is 12.8 Å². The van der Waals surface area contributed by atoms with Crippen molar-refractivity contribution < 1.29 is 5.11 Å². The van der Waals surface area contributed by atoms with Gasteiger partial charge < -0.3 is 10.4 Å². The Kier molecular flexibility index (Phi) is 3.18. The molecule has 2 aromatic heterocycles. The van der Waals surface area contributed by atoms with Gasteiger partial charge in [0.05, 0.1) is 16.3 Å². The third kappa shape index (κ3) is 2.20. The summed E-state index contributed by atoms with van der Waals surface area (Å²) in [6.07, 6.45) is 4.46. The van der Waals surface area contributed by atoms with E-state index in [1.807, 2.05) is 0 Å². The minimum Gasteiger partial charge on any atom is -0.393 e. The minimum atomic E-state index is -0.105. The standard InChI is InChI=1S/C13H17N3OS/c1-8-6-18-12-11(8)15-7-16-13(12)14-5-9-2-3-10(17)4-9/h6-7,9-10,17H,2-5H2,1H3,(H,14,15,16). The van der Waals surface area contributed by atoms with Crippen LogP contribution in [0.5, 0.6) is 0 Å². The van der Waals surface area contributed by atoms with E-state index in [4.69, 9.17) is 0 Å². The van der Waals surface area contributed by atoms with Gasteiger partial charge in [-0.2, -0.15) is 0 Å². The SMILES string of the molecule is Cc1csc2c(NCC3CCC(O)C3)ncnc12. The van der Waals surface area contributed by atoms with E-state index in [-0.39, 0.29) is 6.10 Å². The molecule has 1 fully saturated rings. The highest BCUT2D eigenvalue weighted by Crippen LogP contribution is 2.30. The average molecular weight is 263 g/mol. The van der Waals surface area contributed by atoms with Crippen LogP contribution in [0.15, 0.2) is 11.7 Å². The Morgan fingerprint density at radius 3 is 3.11 bits per heavy atom. The van der Waals surface area contributed by atoms with Crippen LogP contribution in [0.1, 0.15) is 24.8 Å². The maximum absolute atomic E-state index is 9.52. The van der Waals surface area contributed by atoms with E-state index >= 15 is 0 Å². The van der Waals surface area contributed by atoms with E-state index in [0.717, 1.165) is 41.8 Å². The molecule has 2 atom stereocenters. The van der Waals surface area contributed by atoms with Gasteiger partial charge in [-0.15, -0.1) is 11.3 Å². The number of aliphatic hydroxyl groups excluding tert-OH is 1. The number of aliphatic hydroxyl groups is 1. The Balaban J connectivity index is 1.74. The monoisotopic (exact) mass is 263 g/mol. The fourth-order valence-electron chi connectivity index (χ4n) is 2.57. The molecule has 2 unspecified atom stereocenters. The van der Waals surface area contributed by atoms with Crippen LogP contribution in [0.25, 0.3) is 10.2 Å². The van der Waals surface area contributed by atoms with Gasteiger partial charge in [-0.25, -0.2) is 9.97 Å². The van der Waals surface area contributed by atoms with Crippen molar-refractivity contribution in [3.8, 4) is 0 Å². The second-order valence-corrected chi connectivity index (χ2v) is 5.91.